The van der Waals surface area contributed by atoms with Gasteiger partial charge in [-0.05, 0) is 67.0 Å². The van der Waals surface area contributed by atoms with Crippen molar-refractivity contribution in [2.24, 2.45) is 5.41 Å². The number of H-pyrrole nitrogens is 1. The van der Waals surface area contributed by atoms with Crippen molar-refractivity contribution in [2.45, 2.75) is 64.8 Å². The Hall–Kier alpha value is -2.83. The summed E-state index contributed by atoms with van der Waals surface area (Å²) < 4.78 is 12.3. The second kappa shape index (κ2) is 8.75. The quantitative estimate of drug-likeness (QED) is 0.471. The van der Waals surface area contributed by atoms with Crippen LogP contribution in [0.5, 0.6) is 5.75 Å². The number of aryl methyl sites for hydroxylation is 1. The average Bonchev–Trinajstić information content (AvgIpc) is 3.19. The number of nitrogens with one attached hydrogen (secondary N) is 1. The van der Waals surface area contributed by atoms with E-state index in [9.17, 15) is 9.90 Å². The van der Waals surface area contributed by atoms with Crippen molar-refractivity contribution in [2.75, 3.05) is 13.7 Å². The largest absolute Gasteiger partial charge is 0.496 e. The highest BCUT2D eigenvalue weighted by atomic mass is 16.5. The number of hydrogen-bond acceptors (Lipinski definition) is 4. The van der Waals surface area contributed by atoms with E-state index in [1.165, 1.54) is 16.5 Å². The molecule has 3 atom stereocenters. The zero-order chi connectivity index (χ0) is 24.0. The first-order valence-electron chi connectivity index (χ1n) is 12.1. The summed E-state index contributed by atoms with van der Waals surface area (Å²) >= 11 is 0. The molecular weight excluding hydrogens is 428 g/mol. The summed E-state index contributed by atoms with van der Waals surface area (Å²) in [6.07, 6.45) is 5.54. The van der Waals surface area contributed by atoms with Crippen molar-refractivity contribution in [3.05, 3.63) is 64.8 Å². The highest BCUT2D eigenvalue weighted by molar-refractivity contribution is 5.88. The summed E-state index contributed by atoms with van der Waals surface area (Å²) in [7, 11) is 1.73. The van der Waals surface area contributed by atoms with Gasteiger partial charge in [-0.3, -0.25) is 4.90 Å². The Morgan fingerprint density at radius 1 is 1.24 bits per heavy atom. The van der Waals surface area contributed by atoms with E-state index in [0.29, 0.717) is 11.7 Å². The monoisotopic (exact) mass is 462 g/mol. The lowest BCUT2D eigenvalue weighted by atomic mass is 9.91. The van der Waals surface area contributed by atoms with Crippen LogP contribution in [0.3, 0.4) is 0 Å². The molecule has 1 aliphatic carbocycles. The molecule has 2 N–H and O–H groups in total. The molecular formula is C28H34N2O4. The van der Waals surface area contributed by atoms with Crippen molar-refractivity contribution in [1.82, 2.24) is 9.88 Å². The van der Waals surface area contributed by atoms with Crippen LogP contribution in [-0.4, -0.2) is 46.8 Å². The van der Waals surface area contributed by atoms with Crippen LogP contribution < -0.4 is 4.74 Å². The van der Waals surface area contributed by atoms with Crippen LogP contribution in [0.4, 0.5) is 0 Å². The fourth-order valence-electron chi connectivity index (χ4n) is 5.36. The number of carboxylic acid groups (broad SMARTS) is 1. The number of fused-ring (bicyclic) bond motifs is 1. The van der Waals surface area contributed by atoms with Crippen molar-refractivity contribution < 1.29 is 19.4 Å². The third-order valence-electron chi connectivity index (χ3n) is 7.68. The molecule has 6 heteroatoms. The molecule has 2 aliphatic rings. The molecule has 1 saturated carbocycles. The fourth-order valence-corrected chi connectivity index (χ4v) is 5.36. The number of ether oxygens (including phenoxy) is 2. The van der Waals surface area contributed by atoms with Gasteiger partial charge in [-0.2, -0.15) is 0 Å². The van der Waals surface area contributed by atoms with Crippen molar-refractivity contribution in [3.8, 4) is 5.75 Å². The van der Waals surface area contributed by atoms with Crippen LogP contribution in [0.25, 0.3) is 10.9 Å². The Bertz CT molecular complexity index is 1200. The number of carbonyl (C=O) groups is 1. The second-order valence-corrected chi connectivity index (χ2v) is 10.5. The molecule has 0 bridgehead atoms. The number of hydrogen-bond donors (Lipinski definition) is 2. The molecule has 0 spiro atoms. The number of methoxy groups -OCH3 is 1. The third-order valence-corrected chi connectivity index (χ3v) is 7.68. The highest BCUT2D eigenvalue weighted by Crippen LogP contribution is 2.49. The van der Waals surface area contributed by atoms with Crippen molar-refractivity contribution in [3.63, 3.8) is 0 Å². The Balaban J connectivity index is 1.45. The molecule has 2 fully saturated rings. The van der Waals surface area contributed by atoms with Crippen LogP contribution in [0, 0.1) is 12.3 Å². The molecule has 1 aromatic heterocycles. The van der Waals surface area contributed by atoms with E-state index >= 15 is 0 Å². The summed E-state index contributed by atoms with van der Waals surface area (Å²) in [6, 6.07) is 11.7. The maximum absolute atomic E-state index is 11.4. The van der Waals surface area contributed by atoms with Crippen molar-refractivity contribution in [1.29, 1.82) is 0 Å². The summed E-state index contributed by atoms with van der Waals surface area (Å²) in [5, 5.41) is 10.5. The standard InChI is InChI=1S/C28H34N2O4/c1-17-13-24(33-4)22(21-9-11-29-26(17)21)16-30-12-10-20(34-25-15-28(25,2)3)14-23(30)18-5-7-19(8-6-18)27(31)32/h5-9,11,13,20,23,25,29H,10,12,14-16H2,1-4H3,(H,31,32)/t20-,23-,25?/m0/s1. The minimum Gasteiger partial charge on any atom is -0.496 e. The third kappa shape index (κ3) is 4.32. The molecule has 2 aromatic carbocycles. The molecule has 1 saturated heterocycles. The highest BCUT2D eigenvalue weighted by Gasteiger charge is 2.48. The van der Waals surface area contributed by atoms with E-state index < -0.39 is 5.97 Å². The molecule has 180 valence electrons. The number of likely N-dealkylation sites (tertiary alicyclic amines) is 1. The van der Waals surface area contributed by atoms with E-state index in [1.807, 2.05) is 18.3 Å². The van der Waals surface area contributed by atoms with E-state index in [2.05, 4.69) is 42.8 Å². The van der Waals surface area contributed by atoms with Gasteiger partial charge in [0.05, 0.1) is 24.9 Å². The number of carboxylic acids is 1. The Labute approximate surface area is 200 Å². The summed E-state index contributed by atoms with van der Waals surface area (Å²) in [5.41, 5.74) is 5.22. The second-order valence-electron chi connectivity index (χ2n) is 10.5. The fraction of sp³-hybridized carbons (Fsp3) is 0.464. The number of benzene rings is 2. The summed E-state index contributed by atoms with van der Waals surface area (Å²) in [4.78, 5) is 17.2. The van der Waals surface area contributed by atoms with Gasteiger partial charge in [0, 0.05) is 41.8 Å². The Kier molecular flexibility index (Phi) is 5.90. The lowest BCUT2D eigenvalue weighted by Crippen LogP contribution is -2.40. The normalized spacial score (nSPS) is 24.3. The van der Waals surface area contributed by atoms with Crippen LogP contribution in [-0.2, 0) is 11.3 Å². The number of piperidine rings is 1. The van der Waals surface area contributed by atoms with Gasteiger partial charge in [-0.1, -0.05) is 26.0 Å². The maximum Gasteiger partial charge on any atom is 0.335 e. The maximum atomic E-state index is 11.4. The topological polar surface area (TPSA) is 74.8 Å². The van der Waals surface area contributed by atoms with Crippen molar-refractivity contribution >= 4 is 16.9 Å². The van der Waals surface area contributed by atoms with Crippen LogP contribution >= 0.6 is 0 Å². The van der Waals surface area contributed by atoms with Gasteiger partial charge in [-0.15, -0.1) is 0 Å². The Morgan fingerprint density at radius 2 is 1.97 bits per heavy atom. The number of aromatic amines is 1. The van der Waals surface area contributed by atoms with E-state index in [-0.39, 0.29) is 17.6 Å². The number of nitrogens with zero attached hydrogens (tertiary/aromatic N) is 1. The zero-order valence-corrected chi connectivity index (χ0v) is 20.4. The Morgan fingerprint density at radius 3 is 2.62 bits per heavy atom. The van der Waals surface area contributed by atoms with Gasteiger partial charge >= 0.3 is 5.97 Å². The lowest BCUT2D eigenvalue weighted by molar-refractivity contribution is -0.0369. The predicted octanol–water partition coefficient (Wildman–Crippen LogP) is 5.70. The molecule has 0 radical (unpaired) electrons. The van der Waals surface area contributed by atoms with Crippen LogP contribution in [0.1, 0.15) is 66.2 Å². The van der Waals surface area contributed by atoms with Gasteiger partial charge in [0.25, 0.3) is 0 Å². The van der Waals surface area contributed by atoms with Crippen LogP contribution in [0.2, 0.25) is 0 Å². The average molecular weight is 463 g/mol. The van der Waals surface area contributed by atoms with Gasteiger partial charge < -0.3 is 19.6 Å². The summed E-state index contributed by atoms with van der Waals surface area (Å²) in [6.45, 7) is 8.29. The van der Waals surface area contributed by atoms with Gasteiger partial charge in [0.15, 0.2) is 0 Å². The predicted molar refractivity (Wildman–Crippen MR) is 132 cm³/mol. The van der Waals surface area contributed by atoms with Gasteiger partial charge in [0.2, 0.25) is 0 Å². The molecule has 2 heterocycles. The SMILES string of the molecule is COc1cc(C)c2[nH]ccc2c1CN1CC[C@H](OC2CC2(C)C)C[C@H]1c1ccc(C(=O)O)cc1. The van der Waals surface area contributed by atoms with E-state index in [0.717, 1.165) is 49.2 Å². The molecule has 1 unspecified atom stereocenters. The molecule has 6 nitrogen and oxygen atoms in total. The lowest BCUT2D eigenvalue weighted by Gasteiger charge is -2.40. The minimum atomic E-state index is -0.900. The molecule has 1 aliphatic heterocycles. The van der Waals surface area contributed by atoms with E-state index in [4.69, 9.17) is 9.47 Å². The number of rotatable bonds is 7. The zero-order valence-electron chi connectivity index (χ0n) is 20.4. The number of aromatic nitrogens is 1. The smallest absolute Gasteiger partial charge is 0.335 e. The molecule has 0 amide bonds. The van der Waals surface area contributed by atoms with E-state index in [1.54, 1.807) is 19.2 Å². The molecule has 34 heavy (non-hydrogen) atoms. The summed E-state index contributed by atoms with van der Waals surface area (Å²) in [5.74, 6) is 0.00569. The minimum absolute atomic E-state index is 0.142. The molecule has 3 aromatic rings. The van der Waals surface area contributed by atoms with Crippen LogP contribution in [0.15, 0.2) is 42.6 Å². The first-order valence-corrected chi connectivity index (χ1v) is 12.1. The molecule has 5 rings (SSSR count). The first-order chi connectivity index (χ1) is 16.3. The first kappa shape index (κ1) is 22.9. The number of aromatic carboxylic acids is 1. The van der Waals surface area contributed by atoms with Gasteiger partial charge in [-0.25, -0.2) is 4.79 Å². The van der Waals surface area contributed by atoms with Gasteiger partial charge in [0.1, 0.15) is 5.75 Å².